The second-order valence-electron chi connectivity index (χ2n) is 5.67. The van der Waals surface area contributed by atoms with E-state index in [0.717, 1.165) is 4.47 Å². The summed E-state index contributed by atoms with van der Waals surface area (Å²) in [4.78, 5) is 23.9. The number of carbonyl (C=O) groups is 2. The van der Waals surface area contributed by atoms with Crippen molar-refractivity contribution < 1.29 is 18.7 Å². The highest BCUT2D eigenvalue weighted by Crippen LogP contribution is 2.15. The zero-order chi connectivity index (χ0) is 19.9. The van der Waals surface area contributed by atoms with Gasteiger partial charge in [-0.05, 0) is 78.4 Å². The molecule has 0 unspecified atom stereocenters. The predicted octanol–water partition coefficient (Wildman–Crippen LogP) is 4.57. The summed E-state index contributed by atoms with van der Waals surface area (Å²) in [5.41, 5.74) is 3.80. The summed E-state index contributed by atoms with van der Waals surface area (Å²) in [6.07, 6.45) is 1.45. The third-order valence-corrected chi connectivity index (χ3v) is 4.19. The average Bonchev–Trinajstić information content (AvgIpc) is 2.70. The zero-order valence-electron chi connectivity index (χ0n) is 14.4. The molecule has 0 radical (unpaired) electrons. The van der Waals surface area contributed by atoms with Crippen molar-refractivity contribution in [2.24, 2.45) is 5.10 Å². The molecule has 0 heterocycles. The van der Waals surface area contributed by atoms with Crippen LogP contribution in [0.1, 0.15) is 26.3 Å². The van der Waals surface area contributed by atoms with Crippen molar-refractivity contribution in [2.45, 2.75) is 0 Å². The van der Waals surface area contributed by atoms with E-state index in [1.165, 1.54) is 30.5 Å². The molecule has 0 aliphatic heterocycles. The summed E-state index contributed by atoms with van der Waals surface area (Å²) in [7, 11) is 0. The highest BCUT2D eigenvalue weighted by atomic mass is 79.9. The molecule has 0 bridgehead atoms. The SMILES string of the molecule is O=C(N/N=C/c1ccc(OC(=O)c2ccc(Br)cc2)cc1)c1ccc(F)cc1. The quantitative estimate of drug-likeness (QED) is 0.273. The normalized spacial score (nSPS) is 10.6. The molecule has 0 atom stereocenters. The summed E-state index contributed by atoms with van der Waals surface area (Å²) >= 11 is 3.31. The lowest BCUT2D eigenvalue weighted by atomic mass is 10.2. The summed E-state index contributed by atoms with van der Waals surface area (Å²) in [6.45, 7) is 0. The lowest BCUT2D eigenvalue weighted by molar-refractivity contribution is 0.0734. The molecule has 0 fully saturated rings. The maximum Gasteiger partial charge on any atom is 0.343 e. The van der Waals surface area contributed by atoms with Gasteiger partial charge in [0.1, 0.15) is 11.6 Å². The molecule has 3 aromatic rings. The van der Waals surface area contributed by atoms with Crippen LogP contribution < -0.4 is 10.2 Å². The van der Waals surface area contributed by atoms with Gasteiger partial charge >= 0.3 is 5.97 Å². The van der Waals surface area contributed by atoms with Gasteiger partial charge in [-0.15, -0.1) is 0 Å². The molecule has 140 valence electrons. The van der Waals surface area contributed by atoms with Crippen molar-refractivity contribution in [3.05, 3.63) is 99.8 Å². The van der Waals surface area contributed by atoms with Crippen LogP contribution in [0.3, 0.4) is 0 Å². The van der Waals surface area contributed by atoms with E-state index in [-0.39, 0.29) is 0 Å². The molecule has 0 aromatic heterocycles. The molecule has 0 aliphatic rings. The highest BCUT2D eigenvalue weighted by Gasteiger charge is 2.08. The van der Waals surface area contributed by atoms with Gasteiger partial charge in [0.15, 0.2) is 0 Å². The Morgan fingerprint density at radius 2 is 1.50 bits per heavy atom. The Morgan fingerprint density at radius 1 is 0.893 bits per heavy atom. The number of ether oxygens (including phenoxy) is 1. The number of amides is 1. The van der Waals surface area contributed by atoms with Crippen LogP contribution in [0.5, 0.6) is 5.75 Å². The van der Waals surface area contributed by atoms with Crippen molar-refractivity contribution in [3.8, 4) is 5.75 Å². The number of nitrogens with one attached hydrogen (secondary N) is 1. The maximum atomic E-state index is 12.9. The first-order valence-corrected chi connectivity index (χ1v) is 8.97. The Labute approximate surface area is 169 Å². The van der Waals surface area contributed by atoms with Crippen molar-refractivity contribution in [1.82, 2.24) is 5.43 Å². The van der Waals surface area contributed by atoms with Gasteiger partial charge in [0.05, 0.1) is 11.8 Å². The molecule has 0 aliphatic carbocycles. The number of rotatable bonds is 5. The molecule has 28 heavy (non-hydrogen) atoms. The molecular weight excluding hydrogens is 427 g/mol. The molecular formula is C21H14BrFN2O3. The van der Waals surface area contributed by atoms with Crippen LogP contribution in [0.2, 0.25) is 0 Å². The second kappa shape index (κ2) is 9.05. The topological polar surface area (TPSA) is 67.8 Å². The van der Waals surface area contributed by atoms with E-state index >= 15 is 0 Å². The molecule has 1 amide bonds. The Morgan fingerprint density at radius 3 is 2.14 bits per heavy atom. The van der Waals surface area contributed by atoms with Crippen LogP contribution in [0.4, 0.5) is 4.39 Å². The smallest absolute Gasteiger partial charge is 0.343 e. The van der Waals surface area contributed by atoms with Gasteiger partial charge in [-0.25, -0.2) is 14.6 Å². The zero-order valence-corrected chi connectivity index (χ0v) is 16.0. The van der Waals surface area contributed by atoms with Crippen molar-refractivity contribution >= 4 is 34.0 Å². The van der Waals surface area contributed by atoms with E-state index in [2.05, 4.69) is 26.5 Å². The van der Waals surface area contributed by atoms with Crippen LogP contribution in [0.25, 0.3) is 0 Å². The van der Waals surface area contributed by atoms with Crippen molar-refractivity contribution in [3.63, 3.8) is 0 Å². The van der Waals surface area contributed by atoms with E-state index in [9.17, 15) is 14.0 Å². The predicted molar refractivity (Wildman–Crippen MR) is 107 cm³/mol. The highest BCUT2D eigenvalue weighted by molar-refractivity contribution is 9.10. The molecule has 1 N–H and O–H groups in total. The third kappa shape index (κ3) is 5.34. The number of hydrazone groups is 1. The third-order valence-electron chi connectivity index (χ3n) is 3.66. The first-order chi connectivity index (χ1) is 13.5. The minimum absolute atomic E-state index is 0.300. The molecule has 3 aromatic carbocycles. The van der Waals surface area contributed by atoms with Crippen LogP contribution in [-0.4, -0.2) is 18.1 Å². The van der Waals surface area contributed by atoms with Crippen LogP contribution in [0.15, 0.2) is 82.4 Å². The van der Waals surface area contributed by atoms with E-state index < -0.39 is 17.7 Å². The Hall–Kier alpha value is -3.32. The molecule has 0 saturated carbocycles. The summed E-state index contributed by atoms with van der Waals surface area (Å²) in [5.74, 6) is -0.932. The van der Waals surface area contributed by atoms with E-state index in [1.54, 1.807) is 48.5 Å². The Bertz CT molecular complexity index is 1000. The number of benzene rings is 3. The fourth-order valence-electron chi connectivity index (χ4n) is 2.21. The summed E-state index contributed by atoms with van der Waals surface area (Å²) in [5, 5.41) is 3.86. The van der Waals surface area contributed by atoms with Crippen molar-refractivity contribution in [2.75, 3.05) is 0 Å². The van der Waals surface area contributed by atoms with Crippen molar-refractivity contribution in [1.29, 1.82) is 0 Å². The number of nitrogens with zero attached hydrogens (tertiary/aromatic N) is 1. The van der Waals surface area contributed by atoms with Gasteiger partial charge in [0.25, 0.3) is 5.91 Å². The maximum absolute atomic E-state index is 12.9. The number of esters is 1. The number of hydrogen-bond donors (Lipinski definition) is 1. The van der Waals surface area contributed by atoms with Gasteiger partial charge < -0.3 is 4.74 Å². The Kier molecular flexibility index (Phi) is 6.29. The van der Waals surface area contributed by atoms with Crippen LogP contribution >= 0.6 is 15.9 Å². The summed E-state index contributed by atoms with van der Waals surface area (Å²) < 4.78 is 19.0. The minimum atomic E-state index is -0.458. The monoisotopic (exact) mass is 440 g/mol. The van der Waals surface area contributed by atoms with E-state index in [4.69, 9.17) is 4.74 Å². The van der Waals surface area contributed by atoms with Crippen LogP contribution in [-0.2, 0) is 0 Å². The molecule has 5 nitrogen and oxygen atoms in total. The van der Waals surface area contributed by atoms with E-state index in [1.807, 2.05) is 0 Å². The van der Waals surface area contributed by atoms with E-state index in [0.29, 0.717) is 22.4 Å². The van der Waals surface area contributed by atoms with Gasteiger partial charge in [0, 0.05) is 10.0 Å². The molecule has 0 saturated heterocycles. The first kappa shape index (κ1) is 19.4. The second-order valence-corrected chi connectivity index (χ2v) is 6.59. The molecule has 0 spiro atoms. The fourth-order valence-corrected chi connectivity index (χ4v) is 2.47. The average molecular weight is 441 g/mol. The largest absolute Gasteiger partial charge is 0.423 e. The summed E-state index contributed by atoms with van der Waals surface area (Å²) in [6, 6.07) is 18.6. The first-order valence-electron chi connectivity index (χ1n) is 8.18. The number of hydrogen-bond acceptors (Lipinski definition) is 4. The van der Waals surface area contributed by atoms with Gasteiger partial charge in [-0.2, -0.15) is 5.10 Å². The number of carbonyl (C=O) groups excluding carboxylic acids is 2. The standard InChI is InChI=1S/C21H14BrFN2O3/c22-17-7-3-16(4-8-17)21(27)28-19-11-1-14(2-12-19)13-24-25-20(26)15-5-9-18(23)10-6-15/h1-13H,(H,25,26)/b24-13+. The van der Waals surface area contributed by atoms with Gasteiger partial charge in [-0.1, -0.05) is 15.9 Å². The minimum Gasteiger partial charge on any atom is -0.423 e. The van der Waals surface area contributed by atoms with Crippen LogP contribution in [0, 0.1) is 5.82 Å². The van der Waals surface area contributed by atoms with Gasteiger partial charge in [-0.3, -0.25) is 4.79 Å². The molecule has 7 heteroatoms. The Balaban J connectivity index is 1.55. The molecule has 3 rings (SSSR count). The number of halogens is 2. The fraction of sp³-hybridized carbons (Fsp3) is 0. The lowest BCUT2D eigenvalue weighted by Crippen LogP contribution is -2.17. The van der Waals surface area contributed by atoms with Gasteiger partial charge in [0.2, 0.25) is 0 Å². The lowest BCUT2D eigenvalue weighted by Gasteiger charge is -2.05.